The largest absolute Gasteiger partial charge is 0.395 e. The Morgan fingerprint density at radius 2 is 1.32 bits per heavy atom. The van der Waals surface area contributed by atoms with Crippen molar-refractivity contribution in [3.8, 4) is 0 Å². The Kier molecular flexibility index (Phi) is 19.2. The number of allylic oxidation sites excluding steroid dienone is 9. The molecule has 0 rings (SSSR count). The van der Waals surface area contributed by atoms with Crippen LogP contribution in [0.25, 0.3) is 0 Å². The molecule has 0 heterocycles. The molecule has 2 nitrogen and oxygen atoms in total. The summed E-state index contributed by atoms with van der Waals surface area (Å²) < 4.78 is 0. The highest BCUT2D eigenvalue weighted by atomic mass is 16.3. The molecule has 0 aromatic heterocycles. The number of hydrogen-bond acceptors (Lipinski definition) is 2. The molecule has 0 aliphatic carbocycles. The van der Waals surface area contributed by atoms with Crippen molar-refractivity contribution in [2.45, 2.75) is 71.1 Å². The zero-order chi connectivity index (χ0) is 18.4. The third kappa shape index (κ3) is 20.4. The molecular weight excluding hydrogens is 306 g/mol. The Bertz CT molecular complexity index is 404. The molecule has 2 heteroatoms. The standard InChI is InChI=1S/C23H39NO/c1-3-4-5-6-7-8-9-10-11-12-13-14-15-16-17-18-19-20-23(2)24-21-22-25/h7-8,10-11,13-14,16-17,24-25H,2-6,9,12,15,18-22H2,1H3/b8-7-,11-10-,14-13-,17-16-. The van der Waals surface area contributed by atoms with E-state index in [2.05, 4.69) is 67.4 Å². The maximum Gasteiger partial charge on any atom is 0.0603 e. The molecule has 0 aromatic carbocycles. The molecule has 2 N–H and O–H groups in total. The van der Waals surface area contributed by atoms with Crippen LogP contribution in [0, 0.1) is 0 Å². The van der Waals surface area contributed by atoms with Gasteiger partial charge in [-0.25, -0.2) is 0 Å². The third-order valence-electron chi connectivity index (χ3n) is 3.79. The smallest absolute Gasteiger partial charge is 0.0603 e. The van der Waals surface area contributed by atoms with Crippen LogP contribution in [0.5, 0.6) is 0 Å². The molecule has 0 spiro atoms. The first-order valence-corrected chi connectivity index (χ1v) is 9.93. The monoisotopic (exact) mass is 345 g/mol. The van der Waals surface area contributed by atoms with Crippen LogP contribution >= 0.6 is 0 Å². The Labute approximate surface area is 156 Å². The highest BCUT2D eigenvalue weighted by Gasteiger charge is 1.91. The minimum Gasteiger partial charge on any atom is -0.395 e. The molecule has 0 bridgehead atoms. The van der Waals surface area contributed by atoms with E-state index in [-0.39, 0.29) is 6.61 Å². The second-order valence-corrected chi connectivity index (χ2v) is 6.23. The summed E-state index contributed by atoms with van der Waals surface area (Å²) in [5, 5.41) is 11.8. The lowest BCUT2D eigenvalue weighted by Crippen LogP contribution is -2.16. The molecule has 0 saturated heterocycles. The summed E-state index contributed by atoms with van der Waals surface area (Å²) in [4.78, 5) is 0. The van der Waals surface area contributed by atoms with Crippen LogP contribution < -0.4 is 5.32 Å². The Hall–Kier alpha value is -1.54. The Morgan fingerprint density at radius 3 is 1.84 bits per heavy atom. The fraction of sp³-hybridized carbons (Fsp3) is 0.565. The second-order valence-electron chi connectivity index (χ2n) is 6.23. The molecule has 0 aliphatic heterocycles. The Morgan fingerprint density at radius 1 is 0.800 bits per heavy atom. The highest BCUT2D eigenvalue weighted by molar-refractivity contribution is 4.99. The van der Waals surface area contributed by atoms with Gasteiger partial charge in [-0.15, -0.1) is 0 Å². The summed E-state index contributed by atoms with van der Waals surface area (Å²) in [5.74, 6) is 0. The summed E-state index contributed by atoms with van der Waals surface area (Å²) in [6.45, 7) is 6.94. The van der Waals surface area contributed by atoms with E-state index in [1.54, 1.807) is 0 Å². The Balaban J connectivity index is 3.44. The third-order valence-corrected chi connectivity index (χ3v) is 3.79. The van der Waals surface area contributed by atoms with Crippen LogP contribution in [-0.4, -0.2) is 18.3 Å². The van der Waals surface area contributed by atoms with Gasteiger partial charge in [-0.1, -0.05) is 75.0 Å². The zero-order valence-electron chi connectivity index (χ0n) is 16.3. The molecule has 0 atom stereocenters. The van der Waals surface area contributed by atoms with Crippen molar-refractivity contribution in [2.24, 2.45) is 0 Å². The van der Waals surface area contributed by atoms with E-state index in [0.717, 1.165) is 44.2 Å². The average Bonchev–Trinajstić information content (AvgIpc) is 2.62. The van der Waals surface area contributed by atoms with Gasteiger partial charge in [0.2, 0.25) is 0 Å². The van der Waals surface area contributed by atoms with Gasteiger partial charge in [-0.05, 0) is 51.4 Å². The molecule has 0 aliphatic rings. The number of aliphatic hydroxyl groups excluding tert-OH is 1. The SMILES string of the molecule is C=C(CCC/C=C\C/C=C\C/C=C\C/C=C\CCCCC)NCCO. The summed E-state index contributed by atoms with van der Waals surface area (Å²) >= 11 is 0. The zero-order valence-corrected chi connectivity index (χ0v) is 16.3. The van der Waals surface area contributed by atoms with Crippen LogP contribution in [0.1, 0.15) is 71.1 Å². The van der Waals surface area contributed by atoms with Crippen molar-refractivity contribution < 1.29 is 5.11 Å². The average molecular weight is 346 g/mol. The second kappa shape index (κ2) is 20.5. The minimum atomic E-state index is 0.163. The van der Waals surface area contributed by atoms with Gasteiger partial charge in [-0.3, -0.25) is 0 Å². The van der Waals surface area contributed by atoms with Crippen LogP contribution in [0.4, 0.5) is 0 Å². The van der Waals surface area contributed by atoms with E-state index in [9.17, 15) is 0 Å². The maximum absolute atomic E-state index is 8.71. The number of unbranched alkanes of at least 4 members (excludes halogenated alkanes) is 4. The predicted octanol–water partition coefficient (Wildman–Crippen LogP) is 6.23. The predicted molar refractivity (Wildman–Crippen MR) is 113 cm³/mol. The van der Waals surface area contributed by atoms with Gasteiger partial charge in [0.05, 0.1) is 6.61 Å². The lowest BCUT2D eigenvalue weighted by atomic mass is 10.2. The summed E-state index contributed by atoms with van der Waals surface area (Å²) in [6.07, 6.45) is 29.4. The summed E-state index contributed by atoms with van der Waals surface area (Å²) in [5.41, 5.74) is 1.02. The number of aliphatic hydroxyl groups is 1. The van der Waals surface area contributed by atoms with E-state index in [1.165, 1.54) is 25.7 Å². The molecule has 0 radical (unpaired) electrons. The first-order chi connectivity index (χ1) is 12.3. The molecule has 0 unspecified atom stereocenters. The fourth-order valence-electron chi connectivity index (χ4n) is 2.32. The molecule has 0 fully saturated rings. The molecule has 0 amide bonds. The van der Waals surface area contributed by atoms with Crippen LogP contribution in [0.2, 0.25) is 0 Å². The van der Waals surface area contributed by atoms with Gasteiger partial charge in [0.25, 0.3) is 0 Å². The van der Waals surface area contributed by atoms with Gasteiger partial charge in [0.1, 0.15) is 0 Å². The van der Waals surface area contributed by atoms with E-state index in [1.807, 2.05) is 0 Å². The van der Waals surface area contributed by atoms with Gasteiger partial charge in [-0.2, -0.15) is 0 Å². The van der Waals surface area contributed by atoms with Crippen LogP contribution in [0.3, 0.4) is 0 Å². The number of nitrogens with one attached hydrogen (secondary N) is 1. The van der Waals surface area contributed by atoms with Gasteiger partial charge >= 0.3 is 0 Å². The summed E-state index contributed by atoms with van der Waals surface area (Å²) in [6, 6.07) is 0. The fourth-order valence-corrected chi connectivity index (χ4v) is 2.32. The van der Waals surface area contributed by atoms with E-state index in [4.69, 9.17) is 5.11 Å². The van der Waals surface area contributed by atoms with E-state index < -0.39 is 0 Å². The lowest BCUT2D eigenvalue weighted by molar-refractivity contribution is 0.296. The topological polar surface area (TPSA) is 32.3 Å². The molecule has 0 aromatic rings. The molecular formula is C23H39NO. The normalized spacial score (nSPS) is 12.2. The summed E-state index contributed by atoms with van der Waals surface area (Å²) in [7, 11) is 0. The number of hydrogen-bond donors (Lipinski definition) is 2. The lowest BCUT2D eigenvalue weighted by Gasteiger charge is -2.06. The van der Waals surface area contributed by atoms with Crippen molar-refractivity contribution in [1.82, 2.24) is 5.32 Å². The van der Waals surface area contributed by atoms with Crippen molar-refractivity contribution in [3.63, 3.8) is 0 Å². The van der Waals surface area contributed by atoms with Crippen molar-refractivity contribution in [1.29, 1.82) is 0 Å². The van der Waals surface area contributed by atoms with Gasteiger partial charge in [0, 0.05) is 12.2 Å². The van der Waals surface area contributed by atoms with Crippen LogP contribution in [0.15, 0.2) is 60.9 Å². The van der Waals surface area contributed by atoms with Crippen molar-refractivity contribution in [3.05, 3.63) is 60.9 Å². The van der Waals surface area contributed by atoms with Crippen molar-refractivity contribution >= 4 is 0 Å². The van der Waals surface area contributed by atoms with Gasteiger partial charge in [0.15, 0.2) is 0 Å². The molecule has 142 valence electrons. The number of rotatable bonds is 17. The first-order valence-electron chi connectivity index (χ1n) is 9.93. The van der Waals surface area contributed by atoms with E-state index in [0.29, 0.717) is 6.54 Å². The van der Waals surface area contributed by atoms with E-state index >= 15 is 0 Å². The quantitative estimate of drug-likeness (QED) is 0.242. The van der Waals surface area contributed by atoms with Gasteiger partial charge < -0.3 is 10.4 Å². The van der Waals surface area contributed by atoms with Crippen molar-refractivity contribution in [2.75, 3.05) is 13.2 Å². The van der Waals surface area contributed by atoms with Crippen LogP contribution in [-0.2, 0) is 0 Å². The molecule has 0 saturated carbocycles. The molecule has 25 heavy (non-hydrogen) atoms. The first kappa shape index (κ1) is 23.5. The highest BCUT2D eigenvalue weighted by Crippen LogP contribution is 2.04. The minimum absolute atomic E-state index is 0.163. The maximum atomic E-state index is 8.71.